The van der Waals surface area contributed by atoms with E-state index in [4.69, 9.17) is 0 Å². The fourth-order valence-electron chi connectivity index (χ4n) is 2.80. The third-order valence-electron chi connectivity index (χ3n) is 4.25. The minimum absolute atomic E-state index is 0.101. The number of rotatable bonds is 10. The summed E-state index contributed by atoms with van der Waals surface area (Å²) in [4.78, 5) is 13.6. The molecule has 1 atom stereocenters. The molecule has 0 aliphatic rings. The summed E-state index contributed by atoms with van der Waals surface area (Å²) >= 11 is 2.94. The van der Waals surface area contributed by atoms with Crippen LogP contribution in [0.2, 0.25) is 0 Å². The van der Waals surface area contributed by atoms with Gasteiger partial charge in [0.15, 0.2) is 5.16 Å². The number of aromatic nitrogens is 3. The van der Waals surface area contributed by atoms with Crippen molar-refractivity contribution in [1.82, 2.24) is 20.1 Å². The summed E-state index contributed by atoms with van der Waals surface area (Å²) in [5.41, 5.74) is 0.852. The topological polar surface area (TPSA) is 59.8 Å². The zero-order chi connectivity index (χ0) is 19.8. The fourth-order valence-corrected chi connectivity index (χ4v) is 4.36. The molecule has 0 aliphatic heterocycles. The number of thiophene rings is 1. The molecule has 0 saturated carbocycles. The van der Waals surface area contributed by atoms with Gasteiger partial charge in [-0.2, -0.15) is 0 Å². The molecule has 8 heteroatoms. The molecule has 5 nitrogen and oxygen atoms in total. The highest BCUT2D eigenvalue weighted by Crippen LogP contribution is 2.26. The van der Waals surface area contributed by atoms with Gasteiger partial charge < -0.3 is 9.88 Å². The van der Waals surface area contributed by atoms with Crippen molar-refractivity contribution in [2.24, 2.45) is 0 Å². The second-order valence-electron chi connectivity index (χ2n) is 6.37. The Kier molecular flexibility index (Phi) is 7.62. The summed E-state index contributed by atoms with van der Waals surface area (Å²) in [6.07, 6.45) is 5.09. The number of nitrogens with one attached hydrogen (secondary N) is 1. The van der Waals surface area contributed by atoms with Crippen molar-refractivity contribution in [2.45, 2.75) is 43.9 Å². The van der Waals surface area contributed by atoms with Gasteiger partial charge >= 0.3 is 0 Å². The van der Waals surface area contributed by atoms with Crippen LogP contribution in [0.5, 0.6) is 0 Å². The first kappa shape index (κ1) is 20.5. The third-order valence-corrected chi connectivity index (χ3v) is 6.17. The van der Waals surface area contributed by atoms with Gasteiger partial charge in [-0.15, -0.1) is 21.5 Å². The van der Waals surface area contributed by atoms with Gasteiger partial charge in [0.2, 0.25) is 5.91 Å². The second kappa shape index (κ2) is 10.4. The maximum atomic E-state index is 13.3. The van der Waals surface area contributed by atoms with Crippen LogP contribution in [0.15, 0.2) is 53.3 Å². The molecular formula is C20H23FN4OS2. The number of hydrogen-bond acceptors (Lipinski definition) is 5. The lowest BCUT2D eigenvalue weighted by Gasteiger charge is -2.18. The molecule has 0 saturated heterocycles. The zero-order valence-corrected chi connectivity index (χ0v) is 17.3. The van der Waals surface area contributed by atoms with Crippen LogP contribution in [-0.4, -0.2) is 26.4 Å². The van der Waals surface area contributed by atoms with Gasteiger partial charge in [0.1, 0.15) is 12.1 Å². The molecule has 0 unspecified atom stereocenters. The molecule has 0 radical (unpaired) electrons. The van der Waals surface area contributed by atoms with Gasteiger partial charge in [0.25, 0.3) is 0 Å². The van der Waals surface area contributed by atoms with Crippen molar-refractivity contribution in [3.8, 4) is 0 Å². The van der Waals surface area contributed by atoms with Gasteiger partial charge in [0.05, 0.1) is 11.8 Å². The standard InChI is InChI=1S/C20H23FN4OS2/c1-2-3-4-11-25-14-22-24-20(25)28-13-18(26)23-19(17-6-5-12-27-17)15-7-9-16(21)10-8-15/h5-10,12,14,19H,2-4,11,13H2,1H3,(H,23,26)/t19-/m1/s1. The SMILES string of the molecule is CCCCCn1cnnc1SCC(=O)N[C@H](c1ccc(F)cc1)c1cccs1. The smallest absolute Gasteiger partial charge is 0.231 e. The average Bonchev–Trinajstić information content (AvgIpc) is 3.38. The van der Waals surface area contributed by atoms with Crippen molar-refractivity contribution in [1.29, 1.82) is 0 Å². The molecule has 28 heavy (non-hydrogen) atoms. The van der Waals surface area contributed by atoms with E-state index in [1.54, 1.807) is 29.8 Å². The van der Waals surface area contributed by atoms with Gasteiger partial charge in [-0.05, 0) is 35.6 Å². The van der Waals surface area contributed by atoms with E-state index in [1.807, 2.05) is 22.1 Å². The summed E-state index contributed by atoms with van der Waals surface area (Å²) < 4.78 is 15.3. The molecule has 148 valence electrons. The van der Waals surface area contributed by atoms with E-state index in [2.05, 4.69) is 22.4 Å². The van der Waals surface area contributed by atoms with Crippen LogP contribution in [-0.2, 0) is 11.3 Å². The molecule has 2 heterocycles. The Morgan fingerprint density at radius 3 is 2.82 bits per heavy atom. The first-order valence-corrected chi connectivity index (χ1v) is 11.1. The second-order valence-corrected chi connectivity index (χ2v) is 8.29. The highest BCUT2D eigenvalue weighted by molar-refractivity contribution is 7.99. The molecular weight excluding hydrogens is 395 g/mol. The number of aryl methyl sites for hydroxylation is 1. The Hall–Kier alpha value is -2.19. The van der Waals surface area contributed by atoms with Gasteiger partial charge in [-0.25, -0.2) is 4.39 Å². The average molecular weight is 419 g/mol. The van der Waals surface area contributed by atoms with E-state index in [1.165, 1.54) is 23.9 Å². The van der Waals surface area contributed by atoms with Crippen molar-refractivity contribution in [3.63, 3.8) is 0 Å². The van der Waals surface area contributed by atoms with Crippen molar-refractivity contribution in [3.05, 3.63) is 64.4 Å². The maximum Gasteiger partial charge on any atom is 0.231 e. The highest BCUT2D eigenvalue weighted by Gasteiger charge is 2.19. The predicted molar refractivity (Wildman–Crippen MR) is 111 cm³/mol. The Labute approximate surface area is 172 Å². The molecule has 0 bridgehead atoms. The summed E-state index contributed by atoms with van der Waals surface area (Å²) in [5, 5.41) is 13.9. The van der Waals surface area contributed by atoms with Crippen LogP contribution in [0.4, 0.5) is 4.39 Å². The molecule has 1 amide bonds. The lowest BCUT2D eigenvalue weighted by Crippen LogP contribution is -2.30. The number of carbonyl (C=O) groups excluding carboxylic acids is 1. The van der Waals surface area contributed by atoms with Gasteiger partial charge in [-0.3, -0.25) is 4.79 Å². The Bertz CT molecular complexity index is 865. The number of amides is 1. The lowest BCUT2D eigenvalue weighted by molar-refractivity contribution is -0.119. The van der Waals surface area contributed by atoms with Crippen LogP contribution in [0, 0.1) is 5.82 Å². The molecule has 3 rings (SSSR count). The summed E-state index contributed by atoms with van der Waals surface area (Å²) in [6.45, 7) is 3.02. The number of halogens is 1. The number of benzene rings is 1. The van der Waals surface area contributed by atoms with Gasteiger partial charge in [0, 0.05) is 11.4 Å². The monoisotopic (exact) mass is 418 g/mol. The molecule has 1 N–H and O–H groups in total. The molecule has 1 aromatic carbocycles. The quantitative estimate of drug-likeness (QED) is 0.384. The van der Waals surface area contributed by atoms with E-state index in [9.17, 15) is 9.18 Å². The molecule has 3 aromatic rings. The zero-order valence-electron chi connectivity index (χ0n) is 15.7. The minimum Gasteiger partial charge on any atom is -0.344 e. The molecule has 0 aliphatic carbocycles. The van der Waals surface area contributed by atoms with E-state index < -0.39 is 0 Å². The number of thioether (sulfide) groups is 1. The molecule has 0 fully saturated rings. The van der Waals surface area contributed by atoms with Crippen LogP contribution in [0.1, 0.15) is 42.7 Å². The summed E-state index contributed by atoms with van der Waals surface area (Å²) in [7, 11) is 0. The van der Waals surface area contributed by atoms with Crippen molar-refractivity contribution < 1.29 is 9.18 Å². The van der Waals surface area contributed by atoms with E-state index >= 15 is 0 Å². The largest absolute Gasteiger partial charge is 0.344 e. The Morgan fingerprint density at radius 1 is 1.29 bits per heavy atom. The maximum absolute atomic E-state index is 13.3. The number of unbranched alkanes of at least 4 members (excludes halogenated alkanes) is 2. The van der Waals surface area contributed by atoms with Crippen molar-refractivity contribution >= 4 is 29.0 Å². The fraction of sp³-hybridized carbons (Fsp3) is 0.350. The van der Waals surface area contributed by atoms with Crippen LogP contribution >= 0.6 is 23.1 Å². The number of nitrogens with zero attached hydrogens (tertiary/aromatic N) is 3. The van der Waals surface area contributed by atoms with Crippen LogP contribution < -0.4 is 5.32 Å². The normalized spacial score (nSPS) is 12.1. The third kappa shape index (κ3) is 5.65. The number of hydrogen-bond donors (Lipinski definition) is 1. The first-order chi connectivity index (χ1) is 13.7. The Morgan fingerprint density at radius 2 is 2.11 bits per heavy atom. The van der Waals surface area contributed by atoms with E-state index in [0.717, 1.165) is 41.4 Å². The van der Waals surface area contributed by atoms with E-state index in [-0.39, 0.29) is 23.5 Å². The highest BCUT2D eigenvalue weighted by atomic mass is 32.2. The summed E-state index contributed by atoms with van der Waals surface area (Å²) in [5.74, 6) is -0.149. The molecule has 0 spiro atoms. The Balaban J connectivity index is 1.62. The number of carbonyl (C=O) groups is 1. The van der Waals surface area contributed by atoms with Crippen molar-refractivity contribution in [2.75, 3.05) is 5.75 Å². The van der Waals surface area contributed by atoms with Gasteiger partial charge in [-0.1, -0.05) is 49.7 Å². The lowest BCUT2D eigenvalue weighted by atomic mass is 10.1. The van der Waals surface area contributed by atoms with Crippen LogP contribution in [0.3, 0.4) is 0 Å². The van der Waals surface area contributed by atoms with E-state index in [0.29, 0.717) is 0 Å². The predicted octanol–water partition coefficient (Wildman–Crippen LogP) is 4.67. The van der Waals surface area contributed by atoms with Crippen LogP contribution in [0.25, 0.3) is 0 Å². The first-order valence-electron chi connectivity index (χ1n) is 9.26. The molecule has 2 aromatic heterocycles. The summed E-state index contributed by atoms with van der Waals surface area (Å²) in [6, 6.07) is 9.85. The minimum atomic E-state index is -0.295.